The van der Waals surface area contributed by atoms with E-state index in [9.17, 15) is 37.8 Å². The van der Waals surface area contributed by atoms with Crippen LogP contribution in [0, 0.1) is 39.9 Å². The quantitative estimate of drug-likeness (QED) is 0.233. The number of amidine groups is 1. The number of carbonyl (C=O) groups is 7. The lowest BCUT2D eigenvalue weighted by atomic mass is 9.79. The number of aryl methyl sites for hydroxylation is 1. The minimum absolute atomic E-state index is 0.00611. The molecular weight excluding hydrogens is 1080 g/mol. The molecule has 0 bridgehead atoms. The van der Waals surface area contributed by atoms with Gasteiger partial charge in [0.25, 0.3) is 11.8 Å². The molecule has 4 aliphatic heterocycles. The fraction of sp³-hybridized carbons (Fsp3) is 0.724. The van der Waals surface area contributed by atoms with Crippen LogP contribution in [0.5, 0.6) is 0 Å². The standard InChI is InChI=1S/C9H14O2.C9H12O2.C8H11NO2.C7H13N3.C7H12N2S.C6H11N3O.C6H11N3.C6H12N2OS/c2*1-9(2,3)7-4-6(10)5-8(7)11;1-8(2,3)7-5(10)4-6(11)9-7;2*1-5-6(7(2,3)4)9-10-8-5;1-6(2,3)9-5(10)4-7-8-9;1-6(2,3)5-7-4-8-9-5;1-6(2,3)5-7-4-10(9)8-5/h7H,4-5H2,1-3H3;4H,5H2,1-3H3;4H2,1-3H3;6H,1-4H3;1-4H3;4H2,1-3H3;4H,1-3H3,(H,7,8,9);4H2,1-3H3,(H,7,8). The summed E-state index contributed by atoms with van der Waals surface area (Å²) in [6.45, 7) is 52.7. The van der Waals surface area contributed by atoms with E-state index in [-0.39, 0.29) is 122 Å². The summed E-state index contributed by atoms with van der Waals surface area (Å²) in [5.41, 5.74) is 3.98. The van der Waals surface area contributed by atoms with E-state index < -0.39 is 11.0 Å². The first-order valence-corrected chi connectivity index (χ1v) is 29.4. The Morgan fingerprint density at radius 3 is 1.45 bits per heavy atom. The maximum atomic E-state index is 11.2. The number of nitrogens with zero attached hydrogens (tertiary/aromatic N) is 12. The third kappa shape index (κ3) is 25.7. The maximum absolute atomic E-state index is 11.2. The SMILES string of the molecule is CC(C)(C)C1=CC(=O)CC1=O.CC(C)(C)C1=NC(=O)CC1=O.CC(C)(C)C1=NCS(=O)N1.CC(C)(C)C1CC(=O)CC1=O.CC(C)(C)N1N=NCC1=O.CC(C)(C)c1ncn[nH]1.CC1=NN=NC1C(C)(C)C.Cc1nsnc1C(C)(C)C. The van der Waals surface area contributed by atoms with E-state index in [0.29, 0.717) is 23.6 Å². The Hall–Kier alpha value is -5.91. The predicted molar refractivity (Wildman–Crippen MR) is 325 cm³/mol. The predicted octanol–water partition coefficient (Wildman–Crippen LogP) is 11.2. The van der Waals surface area contributed by atoms with Gasteiger partial charge < -0.3 is 0 Å². The van der Waals surface area contributed by atoms with Gasteiger partial charge in [-0.1, -0.05) is 151 Å². The summed E-state index contributed by atoms with van der Waals surface area (Å²) in [6.07, 6.45) is 3.67. The zero-order chi connectivity index (χ0) is 63.9. The van der Waals surface area contributed by atoms with Crippen LogP contribution < -0.4 is 4.72 Å². The summed E-state index contributed by atoms with van der Waals surface area (Å²) in [5, 5.41) is 26.8. The number of carbonyl (C=O) groups excluding carboxylic acids is 7. The van der Waals surface area contributed by atoms with Gasteiger partial charge in [-0.05, 0) is 62.2 Å². The van der Waals surface area contributed by atoms with Crippen molar-refractivity contribution in [1.82, 2.24) is 33.7 Å². The molecule has 0 radical (unpaired) electrons. The van der Waals surface area contributed by atoms with Gasteiger partial charge in [0.1, 0.15) is 59.0 Å². The third-order valence-electron chi connectivity index (χ3n) is 12.1. The number of hydrogen-bond donors (Lipinski definition) is 2. The molecule has 0 saturated heterocycles. The molecule has 2 amide bonds. The number of aromatic amines is 1. The topological polar surface area (TPSA) is 306 Å². The van der Waals surface area contributed by atoms with Crippen LogP contribution >= 0.6 is 11.7 Å². The lowest BCUT2D eigenvalue weighted by Crippen LogP contribution is -2.39. The molecule has 3 atom stereocenters. The molecule has 6 aliphatic rings. The number of amides is 2. The number of aromatic nitrogens is 5. The average Bonchev–Trinajstić information content (AvgIpc) is 4.12. The molecule has 82 heavy (non-hydrogen) atoms. The molecule has 0 aromatic carbocycles. The first kappa shape index (κ1) is 74.1. The summed E-state index contributed by atoms with van der Waals surface area (Å²) >= 11 is 1.29. The highest BCUT2D eigenvalue weighted by atomic mass is 32.2. The molecule has 3 unspecified atom stereocenters. The zero-order valence-corrected chi connectivity index (χ0v) is 55.6. The van der Waals surface area contributed by atoms with Crippen molar-refractivity contribution in [2.75, 3.05) is 12.4 Å². The van der Waals surface area contributed by atoms with Crippen LogP contribution in [0.1, 0.15) is 216 Å². The van der Waals surface area contributed by atoms with Crippen LogP contribution in [0.15, 0.2) is 53.7 Å². The summed E-state index contributed by atoms with van der Waals surface area (Å²) in [7, 11) is -0.953. The van der Waals surface area contributed by atoms with Crippen molar-refractivity contribution in [3.63, 3.8) is 0 Å². The van der Waals surface area contributed by atoms with Crippen LogP contribution in [0.2, 0.25) is 0 Å². The molecular formula is C58H96N14O8S2. The fourth-order valence-electron chi connectivity index (χ4n) is 7.77. The van der Waals surface area contributed by atoms with Crippen molar-refractivity contribution >= 4 is 80.7 Å². The van der Waals surface area contributed by atoms with E-state index in [4.69, 9.17) is 0 Å². The first-order chi connectivity index (χ1) is 36.9. The van der Waals surface area contributed by atoms with E-state index in [0.717, 1.165) is 28.8 Å². The van der Waals surface area contributed by atoms with Crippen LogP contribution in [-0.4, -0.2) is 115 Å². The molecule has 458 valence electrons. The monoisotopic (exact) mass is 1180 g/mol. The van der Waals surface area contributed by atoms with E-state index in [1.807, 2.05) is 118 Å². The van der Waals surface area contributed by atoms with Gasteiger partial charge >= 0.3 is 0 Å². The van der Waals surface area contributed by atoms with Crippen LogP contribution in [0.25, 0.3) is 0 Å². The molecule has 22 nitrogen and oxygen atoms in total. The Morgan fingerprint density at radius 1 is 0.671 bits per heavy atom. The molecule has 24 heteroatoms. The molecule has 1 saturated carbocycles. The third-order valence-corrected chi connectivity index (χ3v) is 13.5. The first-order valence-electron chi connectivity index (χ1n) is 27.4. The van der Waals surface area contributed by atoms with E-state index in [1.54, 1.807) is 0 Å². The van der Waals surface area contributed by atoms with Crippen molar-refractivity contribution in [2.24, 2.45) is 68.8 Å². The number of nitrogens with one attached hydrogen (secondary N) is 2. The summed E-state index contributed by atoms with van der Waals surface area (Å²) < 4.78 is 21.9. The van der Waals surface area contributed by atoms with Crippen LogP contribution in [-0.2, 0) is 55.4 Å². The number of aliphatic imine (C=N–C) groups is 2. The Morgan fingerprint density at radius 2 is 1.26 bits per heavy atom. The van der Waals surface area contributed by atoms with Crippen molar-refractivity contribution in [2.45, 2.75) is 228 Å². The van der Waals surface area contributed by atoms with Crippen LogP contribution in [0.3, 0.4) is 0 Å². The number of rotatable bonds is 0. The number of H-pyrrole nitrogens is 1. The van der Waals surface area contributed by atoms with Crippen molar-refractivity contribution < 1.29 is 37.8 Å². The highest BCUT2D eigenvalue weighted by Gasteiger charge is 2.39. The smallest absolute Gasteiger partial charge is 0.268 e. The molecule has 2 aromatic heterocycles. The molecule has 0 spiro atoms. The fourth-order valence-corrected chi connectivity index (χ4v) is 9.40. The minimum atomic E-state index is -0.953. The molecule has 2 aromatic rings. The van der Waals surface area contributed by atoms with Crippen molar-refractivity contribution in [3.8, 4) is 0 Å². The average molecular weight is 1180 g/mol. The molecule has 6 heterocycles. The Balaban J connectivity index is 0.000000469. The van der Waals surface area contributed by atoms with Gasteiger partial charge in [-0.2, -0.15) is 24.1 Å². The molecule has 2 aliphatic carbocycles. The largest absolute Gasteiger partial charge is 0.299 e. The lowest BCUT2D eigenvalue weighted by molar-refractivity contribution is -0.132. The second-order valence-electron chi connectivity index (χ2n) is 28.7. The van der Waals surface area contributed by atoms with Gasteiger partial charge in [0.15, 0.2) is 17.3 Å². The second kappa shape index (κ2) is 29.6. The van der Waals surface area contributed by atoms with Crippen molar-refractivity contribution in [1.29, 1.82) is 0 Å². The minimum Gasteiger partial charge on any atom is -0.299 e. The van der Waals surface area contributed by atoms with Gasteiger partial charge in [-0.3, -0.25) is 48.4 Å². The summed E-state index contributed by atoms with van der Waals surface area (Å²) in [5.74, 6) is 1.88. The molecule has 2 N–H and O–H groups in total. The summed E-state index contributed by atoms with van der Waals surface area (Å²) in [6, 6.07) is 0.187. The molecule has 1 fully saturated rings. The Bertz CT molecular complexity index is 2720. The van der Waals surface area contributed by atoms with Gasteiger partial charge in [-0.25, -0.2) is 19.2 Å². The maximum Gasteiger partial charge on any atom is 0.268 e. The van der Waals surface area contributed by atoms with Gasteiger partial charge in [0.2, 0.25) is 0 Å². The van der Waals surface area contributed by atoms with Gasteiger partial charge in [0.05, 0.1) is 59.3 Å². The van der Waals surface area contributed by atoms with Crippen LogP contribution in [0.4, 0.5) is 0 Å². The van der Waals surface area contributed by atoms with Gasteiger partial charge in [-0.15, -0.1) is 5.10 Å². The van der Waals surface area contributed by atoms with E-state index >= 15 is 0 Å². The van der Waals surface area contributed by atoms with Gasteiger partial charge in [0, 0.05) is 39.6 Å². The molecule has 8 rings (SSSR count). The summed E-state index contributed by atoms with van der Waals surface area (Å²) in [4.78, 5) is 88.6. The number of hydrogen-bond acceptors (Lipinski definition) is 19. The second-order valence-corrected chi connectivity index (χ2v) is 30.4. The number of allylic oxidation sites excluding steroid dienone is 2. The highest BCUT2D eigenvalue weighted by Crippen LogP contribution is 2.35. The lowest BCUT2D eigenvalue weighted by Gasteiger charge is -2.25. The Kier molecular flexibility index (Phi) is 26.7. The zero-order valence-electron chi connectivity index (χ0n) is 54.0. The Labute approximate surface area is 494 Å². The number of Topliss-reactive ketones (excluding diaryl/α,β-unsaturated/α-hetero) is 4. The van der Waals surface area contributed by atoms with Crippen molar-refractivity contribution in [3.05, 3.63) is 35.2 Å². The number of ketones is 5. The normalized spacial score (nSPS) is 19.9. The highest BCUT2D eigenvalue weighted by molar-refractivity contribution is 7.83. The van der Waals surface area contributed by atoms with E-state index in [1.165, 1.54) is 29.1 Å². The van der Waals surface area contributed by atoms with E-state index in [2.05, 4.69) is 127 Å².